The number of nitrogens with zero attached hydrogens (tertiary/aromatic N) is 1. The molecule has 4 heteroatoms. The first-order chi connectivity index (χ1) is 10.1. The number of fused-ring (bicyclic) bond motifs is 2. The van der Waals surface area contributed by atoms with E-state index in [1.54, 1.807) is 0 Å². The largest absolute Gasteiger partial charge is 0.304 e. The Balaban J connectivity index is 1.67. The highest BCUT2D eigenvalue weighted by atomic mass is 19.1. The monoisotopic (exact) mass is 281 g/mol. The third kappa shape index (κ3) is 1.72. The van der Waals surface area contributed by atoms with Crippen LogP contribution in [0, 0.1) is 5.82 Å². The van der Waals surface area contributed by atoms with E-state index in [1.165, 1.54) is 34.2 Å². The second kappa shape index (κ2) is 4.25. The summed E-state index contributed by atoms with van der Waals surface area (Å²) in [4.78, 5) is 25.5. The Morgan fingerprint density at radius 2 is 1.95 bits per heavy atom. The highest BCUT2D eigenvalue weighted by Crippen LogP contribution is 2.38. The predicted octanol–water partition coefficient (Wildman–Crippen LogP) is 2.69. The van der Waals surface area contributed by atoms with Crippen LogP contribution in [0.2, 0.25) is 0 Å². The minimum atomic E-state index is -0.556. The van der Waals surface area contributed by atoms with Crippen LogP contribution in [-0.4, -0.2) is 18.2 Å². The quantitative estimate of drug-likeness (QED) is 0.794. The number of benzene rings is 2. The van der Waals surface area contributed by atoms with Crippen LogP contribution < -0.4 is 4.90 Å². The molecular weight excluding hydrogens is 269 g/mol. The maximum atomic E-state index is 13.4. The highest BCUT2D eigenvalue weighted by Gasteiger charge is 2.39. The number of hydrogen-bond acceptors (Lipinski definition) is 2. The summed E-state index contributed by atoms with van der Waals surface area (Å²) < 4.78 is 13.4. The van der Waals surface area contributed by atoms with E-state index in [1.807, 2.05) is 18.2 Å². The van der Waals surface area contributed by atoms with Crippen LogP contribution in [0.4, 0.5) is 10.1 Å². The minimum Gasteiger partial charge on any atom is -0.304 e. The second-order valence-electron chi connectivity index (χ2n) is 5.51. The van der Waals surface area contributed by atoms with E-state index in [0.29, 0.717) is 17.8 Å². The van der Waals surface area contributed by atoms with Crippen molar-refractivity contribution in [3.05, 3.63) is 65.0 Å². The van der Waals surface area contributed by atoms with Crippen LogP contribution in [-0.2, 0) is 11.2 Å². The Kier molecular flexibility index (Phi) is 2.48. The molecule has 0 radical (unpaired) electrons. The SMILES string of the molecule is O=C1C(=O)N(CC2Cc3ccccc32)c2cc(F)ccc21. The summed E-state index contributed by atoms with van der Waals surface area (Å²) in [5, 5.41) is 0. The first kappa shape index (κ1) is 12.3. The van der Waals surface area contributed by atoms with Gasteiger partial charge in [0.1, 0.15) is 5.82 Å². The van der Waals surface area contributed by atoms with Crippen LogP contribution in [0.3, 0.4) is 0 Å². The molecule has 1 aliphatic heterocycles. The Hall–Kier alpha value is -2.49. The van der Waals surface area contributed by atoms with Gasteiger partial charge in [0, 0.05) is 12.5 Å². The molecule has 1 amide bonds. The van der Waals surface area contributed by atoms with Gasteiger partial charge < -0.3 is 4.90 Å². The molecule has 2 aliphatic rings. The molecule has 104 valence electrons. The number of rotatable bonds is 2. The number of carbonyl (C=O) groups excluding carboxylic acids is 2. The summed E-state index contributed by atoms with van der Waals surface area (Å²) in [7, 11) is 0. The van der Waals surface area contributed by atoms with Crippen LogP contribution >= 0.6 is 0 Å². The highest BCUT2D eigenvalue weighted by molar-refractivity contribution is 6.52. The molecule has 1 atom stereocenters. The normalized spacial score (nSPS) is 19.3. The fourth-order valence-corrected chi connectivity index (χ4v) is 3.19. The molecule has 2 aromatic carbocycles. The molecule has 0 saturated heterocycles. The van der Waals surface area contributed by atoms with Crippen molar-refractivity contribution in [1.29, 1.82) is 0 Å². The molecule has 0 fully saturated rings. The van der Waals surface area contributed by atoms with Gasteiger partial charge in [-0.25, -0.2) is 4.39 Å². The van der Waals surface area contributed by atoms with Crippen LogP contribution in [0.15, 0.2) is 42.5 Å². The lowest BCUT2D eigenvalue weighted by Gasteiger charge is -2.33. The molecule has 3 nitrogen and oxygen atoms in total. The molecule has 0 bridgehead atoms. The van der Waals surface area contributed by atoms with Crippen molar-refractivity contribution >= 4 is 17.4 Å². The summed E-state index contributed by atoms with van der Waals surface area (Å²) in [5.41, 5.74) is 3.19. The molecule has 2 aromatic rings. The Morgan fingerprint density at radius 1 is 1.14 bits per heavy atom. The number of carbonyl (C=O) groups is 2. The predicted molar refractivity (Wildman–Crippen MR) is 76.0 cm³/mol. The number of amides is 1. The fraction of sp³-hybridized carbons (Fsp3) is 0.176. The number of hydrogen-bond donors (Lipinski definition) is 0. The van der Waals surface area contributed by atoms with Gasteiger partial charge in [-0.05, 0) is 35.7 Å². The van der Waals surface area contributed by atoms with Crippen molar-refractivity contribution in [2.45, 2.75) is 12.3 Å². The standard InChI is InChI=1S/C17H12FNO2/c18-12-5-6-14-15(8-12)19(17(21)16(14)20)9-11-7-10-3-1-2-4-13(10)11/h1-6,8,11H,7,9H2. The van der Waals surface area contributed by atoms with Crippen molar-refractivity contribution < 1.29 is 14.0 Å². The number of ketones is 1. The summed E-state index contributed by atoms with van der Waals surface area (Å²) >= 11 is 0. The van der Waals surface area contributed by atoms with E-state index < -0.39 is 17.5 Å². The first-order valence-electron chi connectivity index (χ1n) is 6.88. The van der Waals surface area contributed by atoms with Crippen molar-refractivity contribution in [1.82, 2.24) is 0 Å². The molecule has 0 N–H and O–H groups in total. The lowest BCUT2D eigenvalue weighted by Crippen LogP contribution is -2.37. The smallest absolute Gasteiger partial charge is 0.299 e. The van der Waals surface area contributed by atoms with Crippen LogP contribution in [0.25, 0.3) is 0 Å². The third-order valence-electron chi connectivity index (χ3n) is 4.30. The van der Waals surface area contributed by atoms with Gasteiger partial charge >= 0.3 is 0 Å². The minimum absolute atomic E-state index is 0.215. The third-order valence-corrected chi connectivity index (χ3v) is 4.30. The first-order valence-corrected chi connectivity index (χ1v) is 6.88. The second-order valence-corrected chi connectivity index (χ2v) is 5.51. The van der Waals surface area contributed by atoms with Crippen molar-refractivity contribution in [2.75, 3.05) is 11.4 Å². The maximum Gasteiger partial charge on any atom is 0.299 e. The van der Waals surface area contributed by atoms with Crippen LogP contribution in [0.1, 0.15) is 27.4 Å². The van der Waals surface area contributed by atoms with Crippen molar-refractivity contribution in [2.24, 2.45) is 0 Å². The van der Waals surface area contributed by atoms with E-state index in [2.05, 4.69) is 6.07 Å². The van der Waals surface area contributed by atoms with E-state index in [-0.39, 0.29) is 5.92 Å². The molecule has 0 spiro atoms. The van der Waals surface area contributed by atoms with E-state index >= 15 is 0 Å². The average molecular weight is 281 g/mol. The molecule has 0 saturated carbocycles. The summed E-state index contributed by atoms with van der Waals surface area (Å²) in [6.07, 6.45) is 0.888. The molecule has 0 aromatic heterocycles. The summed E-state index contributed by atoms with van der Waals surface area (Å²) in [6.45, 7) is 0.429. The van der Waals surface area contributed by atoms with Gasteiger partial charge in [0.15, 0.2) is 0 Å². The molecule has 4 rings (SSSR count). The summed E-state index contributed by atoms with van der Waals surface area (Å²) in [5.74, 6) is -1.32. The lowest BCUT2D eigenvalue weighted by molar-refractivity contribution is -0.114. The molecule has 1 heterocycles. The van der Waals surface area contributed by atoms with Gasteiger partial charge in [-0.15, -0.1) is 0 Å². The molecule has 21 heavy (non-hydrogen) atoms. The Labute approximate surface area is 121 Å². The van der Waals surface area contributed by atoms with Gasteiger partial charge in [-0.2, -0.15) is 0 Å². The molecule has 1 aliphatic carbocycles. The zero-order valence-corrected chi connectivity index (χ0v) is 11.2. The fourth-order valence-electron chi connectivity index (χ4n) is 3.19. The number of Topliss-reactive ketones (excluding diaryl/α,β-unsaturated/α-hetero) is 1. The van der Waals surface area contributed by atoms with Gasteiger partial charge in [-0.3, -0.25) is 9.59 Å². The van der Waals surface area contributed by atoms with Crippen LogP contribution in [0.5, 0.6) is 0 Å². The Morgan fingerprint density at radius 3 is 2.76 bits per heavy atom. The Bertz CT molecular complexity index is 784. The molecular formula is C17H12FNO2. The number of anilines is 1. The van der Waals surface area contributed by atoms with Gasteiger partial charge in [0.25, 0.3) is 11.7 Å². The van der Waals surface area contributed by atoms with E-state index in [0.717, 1.165) is 6.42 Å². The van der Waals surface area contributed by atoms with Gasteiger partial charge in [-0.1, -0.05) is 24.3 Å². The topological polar surface area (TPSA) is 37.4 Å². The maximum absolute atomic E-state index is 13.4. The molecule has 1 unspecified atom stereocenters. The zero-order valence-electron chi connectivity index (χ0n) is 11.2. The van der Waals surface area contributed by atoms with Crippen molar-refractivity contribution in [3.63, 3.8) is 0 Å². The van der Waals surface area contributed by atoms with Gasteiger partial charge in [0.05, 0.1) is 11.3 Å². The average Bonchev–Trinajstić information content (AvgIpc) is 2.69. The van der Waals surface area contributed by atoms with E-state index in [9.17, 15) is 14.0 Å². The van der Waals surface area contributed by atoms with Crippen molar-refractivity contribution in [3.8, 4) is 0 Å². The zero-order chi connectivity index (χ0) is 14.6. The van der Waals surface area contributed by atoms with Gasteiger partial charge in [0.2, 0.25) is 0 Å². The van der Waals surface area contributed by atoms with E-state index in [4.69, 9.17) is 0 Å². The summed E-state index contributed by atoms with van der Waals surface area (Å²) in [6, 6.07) is 11.9. The number of halogens is 1. The lowest BCUT2D eigenvalue weighted by atomic mass is 9.77.